The lowest BCUT2D eigenvalue weighted by Crippen LogP contribution is -2.46. The van der Waals surface area contributed by atoms with Crippen LogP contribution in [-0.4, -0.2) is 42.3 Å². The Bertz CT molecular complexity index is 945. The van der Waals surface area contributed by atoms with E-state index in [9.17, 15) is 9.59 Å². The average Bonchev–Trinajstić information content (AvgIpc) is 3.22. The molecule has 1 N–H and O–H groups in total. The van der Waals surface area contributed by atoms with Crippen molar-refractivity contribution in [3.05, 3.63) is 53.6 Å². The van der Waals surface area contributed by atoms with Crippen LogP contribution in [0, 0.1) is 6.92 Å². The second kappa shape index (κ2) is 7.66. The van der Waals surface area contributed by atoms with Gasteiger partial charge in [-0.15, -0.1) is 0 Å². The first-order valence-electron chi connectivity index (χ1n) is 9.67. The minimum atomic E-state index is -0.984. The van der Waals surface area contributed by atoms with E-state index < -0.39 is 5.54 Å². The van der Waals surface area contributed by atoms with Crippen molar-refractivity contribution in [2.75, 3.05) is 19.9 Å². The molecule has 1 saturated heterocycles. The molecule has 0 aliphatic carbocycles. The van der Waals surface area contributed by atoms with E-state index in [1.807, 2.05) is 49.4 Å². The van der Waals surface area contributed by atoms with Crippen molar-refractivity contribution in [2.24, 2.45) is 0 Å². The first-order valence-corrected chi connectivity index (χ1v) is 9.67. The first kappa shape index (κ1) is 19.1. The van der Waals surface area contributed by atoms with Crippen molar-refractivity contribution in [1.29, 1.82) is 0 Å². The number of ether oxygens (including phenoxy) is 3. The van der Waals surface area contributed by atoms with Crippen LogP contribution in [0.5, 0.6) is 17.2 Å². The van der Waals surface area contributed by atoms with Gasteiger partial charge < -0.3 is 19.5 Å². The van der Waals surface area contributed by atoms with Gasteiger partial charge in [-0.3, -0.25) is 9.69 Å². The number of amides is 3. The Morgan fingerprint density at radius 2 is 1.97 bits per heavy atom. The van der Waals surface area contributed by atoms with E-state index >= 15 is 0 Å². The fourth-order valence-corrected chi connectivity index (χ4v) is 3.65. The lowest BCUT2D eigenvalue weighted by atomic mass is 9.92. The summed E-state index contributed by atoms with van der Waals surface area (Å²) in [6, 6.07) is 13.0. The summed E-state index contributed by atoms with van der Waals surface area (Å²) in [5, 5.41) is 2.84. The number of carbonyl (C=O) groups excluding carboxylic acids is 2. The Labute approximate surface area is 169 Å². The summed E-state index contributed by atoms with van der Waals surface area (Å²) in [4.78, 5) is 26.6. The molecule has 1 atom stereocenters. The number of hydrogen-bond donors (Lipinski definition) is 1. The molecule has 2 aromatic carbocycles. The molecule has 0 spiro atoms. The monoisotopic (exact) mass is 396 g/mol. The number of aryl methyl sites for hydroxylation is 1. The molecule has 1 fully saturated rings. The van der Waals surface area contributed by atoms with Crippen molar-refractivity contribution >= 4 is 11.9 Å². The summed E-state index contributed by atoms with van der Waals surface area (Å²) in [7, 11) is 0. The summed E-state index contributed by atoms with van der Waals surface area (Å²) in [5.74, 6) is 1.91. The predicted octanol–water partition coefficient (Wildman–Crippen LogP) is 3.05. The molecule has 1 unspecified atom stereocenters. The van der Waals surface area contributed by atoms with E-state index in [0.717, 1.165) is 16.9 Å². The molecule has 7 nitrogen and oxygen atoms in total. The van der Waals surface area contributed by atoms with Crippen LogP contribution >= 0.6 is 0 Å². The van der Waals surface area contributed by atoms with Crippen LogP contribution in [0.1, 0.15) is 24.5 Å². The van der Waals surface area contributed by atoms with E-state index in [1.54, 1.807) is 6.92 Å². The number of urea groups is 1. The highest BCUT2D eigenvalue weighted by Gasteiger charge is 2.47. The van der Waals surface area contributed by atoms with Crippen LogP contribution < -0.4 is 19.5 Å². The van der Waals surface area contributed by atoms with Crippen molar-refractivity contribution in [2.45, 2.75) is 32.2 Å². The number of hydrogen-bond acceptors (Lipinski definition) is 5. The zero-order valence-corrected chi connectivity index (χ0v) is 16.6. The third-order valence-corrected chi connectivity index (χ3v) is 5.12. The average molecular weight is 396 g/mol. The van der Waals surface area contributed by atoms with Gasteiger partial charge in [-0.2, -0.15) is 0 Å². The topological polar surface area (TPSA) is 77.1 Å². The highest BCUT2D eigenvalue weighted by molar-refractivity contribution is 6.06. The smallest absolute Gasteiger partial charge is 0.325 e. The molecule has 2 heterocycles. The molecule has 0 aromatic heterocycles. The van der Waals surface area contributed by atoms with Crippen LogP contribution in [0.3, 0.4) is 0 Å². The number of fused-ring (bicyclic) bond motifs is 1. The zero-order valence-electron chi connectivity index (χ0n) is 16.6. The number of nitrogens with one attached hydrogen (secondary N) is 1. The first-order chi connectivity index (χ1) is 13.9. The van der Waals surface area contributed by atoms with Crippen molar-refractivity contribution in [1.82, 2.24) is 10.2 Å². The fraction of sp³-hybridized carbons (Fsp3) is 0.364. The molecule has 0 saturated carbocycles. The number of rotatable bonds is 7. The highest BCUT2D eigenvalue weighted by atomic mass is 16.7. The van der Waals surface area contributed by atoms with E-state index in [0.29, 0.717) is 37.5 Å². The summed E-state index contributed by atoms with van der Waals surface area (Å²) in [6.45, 7) is 4.69. The predicted molar refractivity (Wildman–Crippen MR) is 106 cm³/mol. The highest BCUT2D eigenvalue weighted by Crippen LogP contribution is 2.34. The Kier molecular flexibility index (Phi) is 5.05. The van der Waals surface area contributed by atoms with Gasteiger partial charge in [0.15, 0.2) is 11.5 Å². The fourth-order valence-electron chi connectivity index (χ4n) is 3.65. The molecule has 29 heavy (non-hydrogen) atoms. The number of imide groups is 1. The summed E-state index contributed by atoms with van der Waals surface area (Å²) < 4.78 is 16.4. The Balaban J connectivity index is 1.34. The third kappa shape index (κ3) is 3.99. The lowest BCUT2D eigenvalue weighted by Gasteiger charge is -2.22. The van der Waals surface area contributed by atoms with Crippen LogP contribution in [0.4, 0.5) is 4.79 Å². The molecule has 7 heteroatoms. The lowest BCUT2D eigenvalue weighted by molar-refractivity contribution is -0.130. The molecule has 2 aliphatic rings. The quantitative estimate of drug-likeness (QED) is 0.575. The largest absolute Gasteiger partial charge is 0.494 e. The van der Waals surface area contributed by atoms with Crippen molar-refractivity contribution < 1.29 is 23.8 Å². The van der Waals surface area contributed by atoms with Crippen LogP contribution in [0.25, 0.3) is 0 Å². The van der Waals surface area contributed by atoms with Crippen molar-refractivity contribution in [3.63, 3.8) is 0 Å². The van der Waals surface area contributed by atoms with Gasteiger partial charge in [0.25, 0.3) is 5.91 Å². The number of benzene rings is 2. The normalized spacial score (nSPS) is 20.1. The molecule has 152 valence electrons. The summed E-state index contributed by atoms with van der Waals surface area (Å²) >= 11 is 0. The molecule has 3 amide bonds. The zero-order chi connectivity index (χ0) is 20.4. The number of nitrogens with zero attached hydrogens (tertiary/aromatic N) is 1. The van der Waals surface area contributed by atoms with Gasteiger partial charge in [-0.05, 0) is 55.7 Å². The Morgan fingerprint density at radius 1 is 1.14 bits per heavy atom. The maximum absolute atomic E-state index is 12.9. The van der Waals surface area contributed by atoms with Gasteiger partial charge in [-0.25, -0.2) is 4.79 Å². The van der Waals surface area contributed by atoms with Crippen LogP contribution in [0.2, 0.25) is 0 Å². The van der Waals surface area contributed by atoms with Gasteiger partial charge in [0.1, 0.15) is 11.3 Å². The second-order valence-corrected chi connectivity index (χ2v) is 7.60. The molecular weight excluding hydrogens is 372 g/mol. The SMILES string of the molecule is Cc1cccc(OCCCN2C(=O)NC(C)(Cc3ccc4c(c3)OCO4)C2=O)c1. The molecule has 4 rings (SSSR count). The maximum atomic E-state index is 12.9. The molecular formula is C22H24N2O5. The van der Waals surface area contributed by atoms with Gasteiger partial charge in [0.05, 0.1) is 6.61 Å². The third-order valence-electron chi connectivity index (χ3n) is 5.12. The van der Waals surface area contributed by atoms with Gasteiger partial charge in [-0.1, -0.05) is 18.2 Å². The van der Waals surface area contributed by atoms with Crippen LogP contribution in [-0.2, 0) is 11.2 Å². The van der Waals surface area contributed by atoms with Crippen LogP contribution in [0.15, 0.2) is 42.5 Å². The number of carbonyl (C=O) groups is 2. The molecule has 0 radical (unpaired) electrons. The van der Waals surface area contributed by atoms with E-state index in [-0.39, 0.29) is 18.7 Å². The summed E-state index contributed by atoms with van der Waals surface area (Å²) in [6.07, 6.45) is 0.942. The molecule has 2 aromatic rings. The van der Waals surface area contributed by atoms with E-state index in [1.165, 1.54) is 4.90 Å². The van der Waals surface area contributed by atoms with E-state index in [4.69, 9.17) is 14.2 Å². The maximum Gasteiger partial charge on any atom is 0.325 e. The molecule has 2 aliphatic heterocycles. The Hall–Kier alpha value is -3.22. The molecule has 0 bridgehead atoms. The standard InChI is InChI=1S/C22H24N2O5/c1-15-5-3-6-17(11-15)27-10-4-9-24-20(25)22(2,23-21(24)26)13-16-7-8-18-19(12-16)29-14-28-18/h3,5-8,11-12H,4,9-10,13-14H2,1-2H3,(H,23,26). The van der Waals surface area contributed by atoms with Gasteiger partial charge in [0.2, 0.25) is 6.79 Å². The minimum absolute atomic E-state index is 0.199. The van der Waals surface area contributed by atoms with Crippen molar-refractivity contribution in [3.8, 4) is 17.2 Å². The Morgan fingerprint density at radius 3 is 2.79 bits per heavy atom. The minimum Gasteiger partial charge on any atom is -0.494 e. The van der Waals surface area contributed by atoms with Gasteiger partial charge in [0, 0.05) is 13.0 Å². The second-order valence-electron chi connectivity index (χ2n) is 7.60. The summed E-state index contributed by atoms with van der Waals surface area (Å²) in [5.41, 5.74) is 1.04. The van der Waals surface area contributed by atoms with Gasteiger partial charge >= 0.3 is 6.03 Å². The van der Waals surface area contributed by atoms with E-state index in [2.05, 4.69) is 5.32 Å².